The van der Waals surface area contributed by atoms with Crippen molar-refractivity contribution in [3.63, 3.8) is 0 Å². The lowest BCUT2D eigenvalue weighted by Crippen LogP contribution is -2.03. The number of aromatic carboxylic acids is 1. The average Bonchev–Trinajstić information content (AvgIpc) is 2.07. The van der Waals surface area contributed by atoms with Crippen molar-refractivity contribution in [2.24, 2.45) is 0 Å². The van der Waals surface area contributed by atoms with Crippen LogP contribution in [0.25, 0.3) is 0 Å². The Hall–Kier alpha value is -1.63. The van der Waals surface area contributed by atoms with Crippen LogP contribution >= 0.6 is 0 Å². The maximum Gasteiger partial charge on any atom is 0.338 e. The molecule has 1 aromatic carbocycles. The molecular formula is C7H6FNO4S. The van der Waals surface area contributed by atoms with E-state index in [1.165, 1.54) is 0 Å². The topological polar surface area (TPSA) is 83.5 Å². The van der Waals surface area contributed by atoms with Crippen LogP contribution in [-0.2, 0) is 10.9 Å². The van der Waals surface area contributed by atoms with Gasteiger partial charge in [-0.15, -0.1) is 0 Å². The molecule has 0 radical (unpaired) electrons. The normalized spacial score (nSPS) is 10.1. The molecule has 0 aliphatic heterocycles. The molecule has 0 atom stereocenters. The van der Waals surface area contributed by atoms with Crippen LogP contribution in [0.5, 0.6) is 0 Å². The van der Waals surface area contributed by atoms with Gasteiger partial charge in [-0.3, -0.25) is 4.72 Å². The van der Waals surface area contributed by atoms with Gasteiger partial charge in [-0.1, -0.05) is 0 Å². The van der Waals surface area contributed by atoms with Gasteiger partial charge in [0, 0.05) is 5.69 Å². The summed E-state index contributed by atoms with van der Waals surface area (Å²) >= 11 is 0. The SMILES string of the molecule is O=C(O)c1cc(N[SH](=O)=O)ccc1F. The molecule has 7 heteroatoms. The molecule has 0 heterocycles. The van der Waals surface area contributed by atoms with Crippen LogP contribution in [0.15, 0.2) is 18.2 Å². The molecule has 14 heavy (non-hydrogen) atoms. The number of hydrogen-bond acceptors (Lipinski definition) is 3. The summed E-state index contributed by atoms with van der Waals surface area (Å²) in [6.45, 7) is 0. The van der Waals surface area contributed by atoms with E-state index in [2.05, 4.69) is 0 Å². The van der Waals surface area contributed by atoms with E-state index in [0.717, 1.165) is 18.2 Å². The summed E-state index contributed by atoms with van der Waals surface area (Å²) in [6.07, 6.45) is 0. The zero-order valence-corrected chi connectivity index (χ0v) is 7.62. The number of halogens is 1. The second-order valence-electron chi connectivity index (χ2n) is 2.37. The molecule has 0 saturated heterocycles. The number of benzene rings is 1. The number of carbonyl (C=O) groups is 1. The molecule has 0 aromatic heterocycles. The Morgan fingerprint density at radius 1 is 1.43 bits per heavy atom. The molecular weight excluding hydrogens is 213 g/mol. The van der Waals surface area contributed by atoms with Gasteiger partial charge in [0.25, 0.3) is 0 Å². The number of rotatable bonds is 3. The first kappa shape index (κ1) is 10.5. The van der Waals surface area contributed by atoms with E-state index in [0.29, 0.717) is 0 Å². The van der Waals surface area contributed by atoms with E-state index in [-0.39, 0.29) is 5.69 Å². The number of carboxylic acid groups (broad SMARTS) is 1. The molecule has 0 fully saturated rings. The predicted molar refractivity (Wildman–Crippen MR) is 47.3 cm³/mol. The van der Waals surface area contributed by atoms with Crippen LogP contribution in [0.4, 0.5) is 10.1 Å². The quantitative estimate of drug-likeness (QED) is 0.645. The minimum Gasteiger partial charge on any atom is -0.478 e. The molecule has 0 aliphatic rings. The van der Waals surface area contributed by atoms with Crippen LogP contribution < -0.4 is 4.72 Å². The number of hydrogen-bond donors (Lipinski definition) is 3. The van der Waals surface area contributed by atoms with Gasteiger partial charge in [-0.2, -0.15) is 0 Å². The lowest BCUT2D eigenvalue weighted by molar-refractivity contribution is 0.0692. The number of nitrogens with one attached hydrogen (secondary N) is 1. The predicted octanol–water partition coefficient (Wildman–Crippen LogP) is 0.462. The van der Waals surface area contributed by atoms with Crippen molar-refractivity contribution < 1.29 is 22.7 Å². The van der Waals surface area contributed by atoms with Gasteiger partial charge in [-0.25, -0.2) is 17.6 Å². The smallest absolute Gasteiger partial charge is 0.338 e. The maximum absolute atomic E-state index is 12.8. The van der Waals surface area contributed by atoms with Gasteiger partial charge < -0.3 is 5.11 Å². The summed E-state index contributed by atoms with van der Waals surface area (Å²) in [4.78, 5) is 10.4. The van der Waals surface area contributed by atoms with Crippen LogP contribution in [0.1, 0.15) is 10.4 Å². The lowest BCUT2D eigenvalue weighted by atomic mass is 10.2. The Kier molecular flexibility index (Phi) is 3.03. The fourth-order valence-electron chi connectivity index (χ4n) is 0.864. The van der Waals surface area contributed by atoms with Crippen molar-refractivity contribution in [1.82, 2.24) is 0 Å². The summed E-state index contributed by atoms with van der Waals surface area (Å²) < 4.78 is 35.2. The van der Waals surface area contributed by atoms with E-state index in [1.54, 1.807) is 0 Å². The van der Waals surface area contributed by atoms with Gasteiger partial charge in [0.05, 0.1) is 5.56 Å². The molecule has 0 aliphatic carbocycles. The van der Waals surface area contributed by atoms with Crippen molar-refractivity contribution in [2.75, 3.05) is 4.72 Å². The Labute approximate surface area is 80.3 Å². The number of anilines is 1. The third-order valence-electron chi connectivity index (χ3n) is 1.42. The average molecular weight is 219 g/mol. The van der Waals surface area contributed by atoms with Crippen molar-refractivity contribution >= 4 is 22.5 Å². The van der Waals surface area contributed by atoms with Gasteiger partial charge in [0.1, 0.15) is 5.82 Å². The summed E-state index contributed by atoms with van der Waals surface area (Å²) in [7, 11) is -2.88. The molecule has 0 bridgehead atoms. The highest BCUT2D eigenvalue weighted by Crippen LogP contribution is 2.14. The van der Waals surface area contributed by atoms with Crippen LogP contribution in [0.3, 0.4) is 0 Å². The lowest BCUT2D eigenvalue weighted by Gasteiger charge is -2.01. The van der Waals surface area contributed by atoms with E-state index in [9.17, 15) is 17.6 Å². The van der Waals surface area contributed by atoms with Crippen LogP contribution in [0.2, 0.25) is 0 Å². The van der Waals surface area contributed by atoms with Crippen LogP contribution in [-0.4, -0.2) is 19.5 Å². The molecule has 1 aromatic rings. The van der Waals surface area contributed by atoms with Gasteiger partial charge in [-0.05, 0) is 18.2 Å². The first-order chi connectivity index (χ1) is 6.50. The fourth-order valence-corrected chi connectivity index (χ4v) is 1.21. The standard InChI is InChI=1S/C7H6FNO4S/c8-6-2-1-4(9-14(12)13)3-5(6)7(10)11/h1-3,14H,(H,10,11)(H,9,12,13). The zero-order valence-electron chi connectivity index (χ0n) is 6.73. The minimum atomic E-state index is -2.88. The maximum atomic E-state index is 12.8. The van der Waals surface area contributed by atoms with E-state index in [4.69, 9.17) is 5.11 Å². The molecule has 0 saturated carbocycles. The molecule has 0 spiro atoms. The second kappa shape index (κ2) is 4.05. The monoisotopic (exact) mass is 219 g/mol. The Morgan fingerprint density at radius 2 is 2.07 bits per heavy atom. The molecule has 5 nitrogen and oxygen atoms in total. The fraction of sp³-hybridized carbons (Fsp3) is 0. The highest BCUT2D eigenvalue weighted by molar-refractivity contribution is 7.73. The minimum absolute atomic E-state index is 0.0138. The van der Waals surface area contributed by atoms with Crippen LogP contribution in [0, 0.1) is 5.82 Å². The van der Waals surface area contributed by atoms with E-state index in [1.807, 2.05) is 4.72 Å². The first-order valence-corrected chi connectivity index (χ1v) is 4.62. The van der Waals surface area contributed by atoms with E-state index < -0.39 is 28.2 Å². The van der Waals surface area contributed by atoms with Crippen molar-refractivity contribution in [2.45, 2.75) is 0 Å². The Bertz CT molecular complexity index is 435. The Balaban J connectivity index is 3.12. The molecule has 2 N–H and O–H groups in total. The summed E-state index contributed by atoms with van der Waals surface area (Å²) in [5, 5.41) is 8.51. The molecule has 0 amide bonds. The van der Waals surface area contributed by atoms with Gasteiger partial charge in [0.15, 0.2) is 0 Å². The van der Waals surface area contributed by atoms with Gasteiger partial charge >= 0.3 is 5.97 Å². The van der Waals surface area contributed by atoms with Crippen molar-refractivity contribution in [3.05, 3.63) is 29.6 Å². The molecule has 0 unspecified atom stereocenters. The first-order valence-electron chi connectivity index (χ1n) is 3.44. The number of thiol groups is 1. The number of carboxylic acids is 1. The zero-order chi connectivity index (χ0) is 10.7. The summed E-state index contributed by atoms with van der Waals surface area (Å²) in [6, 6.07) is 2.92. The second-order valence-corrected chi connectivity index (χ2v) is 3.11. The molecule has 1 rings (SSSR count). The Morgan fingerprint density at radius 3 is 2.57 bits per heavy atom. The largest absolute Gasteiger partial charge is 0.478 e. The third kappa shape index (κ3) is 2.43. The highest BCUT2D eigenvalue weighted by atomic mass is 32.2. The molecule has 76 valence electrons. The van der Waals surface area contributed by atoms with E-state index >= 15 is 0 Å². The highest BCUT2D eigenvalue weighted by Gasteiger charge is 2.10. The van der Waals surface area contributed by atoms with Crippen molar-refractivity contribution in [1.29, 1.82) is 0 Å². The van der Waals surface area contributed by atoms with Gasteiger partial charge in [0.2, 0.25) is 10.9 Å². The van der Waals surface area contributed by atoms with Crippen molar-refractivity contribution in [3.8, 4) is 0 Å². The summed E-state index contributed by atoms with van der Waals surface area (Å²) in [5.74, 6) is -2.36. The summed E-state index contributed by atoms with van der Waals surface area (Å²) in [5.41, 5.74) is -0.563. The third-order valence-corrected chi connectivity index (χ3v) is 1.86.